The van der Waals surface area contributed by atoms with Gasteiger partial charge >= 0.3 is 0 Å². The lowest BCUT2D eigenvalue weighted by atomic mass is 10.1. The van der Waals surface area contributed by atoms with E-state index in [1.165, 1.54) is 4.88 Å². The van der Waals surface area contributed by atoms with Crippen LogP contribution >= 0.6 is 27.3 Å². The third kappa shape index (κ3) is 3.45. The van der Waals surface area contributed by atoms with Gasteiger partial charge in [0.2, 0.25) is 0 Å². The summed E-state index contributed by atoms with van der Waals surface area (Å²) >= 11 is 5.08. The van der Waals surface area contributed by atoms with Gasteiger partial charge in [-0.05, 0) is 42.5 Å². The van der Waals surface area contributed by atoms with Gasteiger partial charge in [-0.25, -0.2) is 0 Å². The Morgan fingerprint density at radius 3 is 2.84 bits per heavy atom. The number of hydrogen-bond acceptors (Lipinski definition) is 2. The minimum Gasteiger partial charge on any atom is -0.344 e. The fourth-order valence-corrected chi connectivity index (χ4v) is 3.16. The highest BCUT2D eigenvalue weighted by molar-refractivity contribution is 9.10. The molecule has 1 unspecified atom stereocenters. The van der Waals surface area contributed by atoms with E-state index in [0.29, 0.717) is 0 Å². The standard InChI is InChI=1S/C15H16BrNOS/c1-3-13(14-5-4-8-19-14)17-15(18)12-9-11(16)7-6-10(12)2/h4-9,13H,3H2,1-2H3,(H,17,18). The van der Waals surface area contributed by atoms with Crippen LogP contribution in [0.5, 0.6) is 0 Å². The fourth-order valence-electron chi connectivity index (χ4n) is 1.94. The molecule has 1 aromatic heterocycles. The van der Waals surface area contributed by atoms with Gasteiger partial charge in [-0.1, -0.05) is 35.0 Å². The minimum atomic E-state index is -0.0148. The van der Waals surface area contributed by atoms with Crippen molar-refractivity contribution in [3.63, 3.8) is 0 Å². The number of carbonyl (C=O) groups excluding carboxylic acids is 1. The van der Waals surface area contributed by atoms with E-state index in [-0.39, 0.29) is 11.9 Å². The summed E-state index contributed by atoms with van der Waals surface area (Å²) in [5.74, 6) is -0.0148. The molecule has 4 heteroatoms. The molecule has 0 aliphatic heterocycles. The van der Waals surface area contributed by atoms with E-state index in [0.717, 1.165) is 22.0 Å². The summed E-state index contributed by atoms with van der Waals surface area (Å²) in [5.41, 5.74) is 1.71. The Labute approximate surface area is 126 Å². The van der Waals surface area contributed by atoms with Crippen LogP contribution in [0.1, 0.15) is 40.2 Å². The van der Waals surface area contributed by atoms with Gasteiger partial charge in [0.25, 0.3) is 5.91 Å². The predicted molar refractivity (Wildman–Crippen MR) is 83.7 cm³/mol. The summed E-state index contributed by atoms with van der Waals surface area (Å²) in [6, 6.07) is 9.93. The molecule has 0 bridgehead atoms. The molecule has 0 aliphatic carbocycles. The zero-order valence-corrected chi connectivity index (χ0v) is 13.3. The number of rotatable bonds is 4. The maximum atomic E-state index is 12.4. The van der Waals surface area contributed by atoms with E-state index in [4.69, 9.17) is 0 Å². The summed E-state index contributed by atoms with van der Waals surface area (Å²) in [5, 5.41) is 5.14. The van der Waals surface area contributed by atoms with E-state index < -0.39 is 0 Å². The average Bonchev–Trinajstić information content (AvgIpc) is 2.92. The van der Waals surface area contributed by atoms with Crippen molar-refractivity contribution in [3.8, 4) is 0 Å². The molecular weight excluding hydrogens is 322 g/mol. The van der Waals surface area contributed by atoms with Crippen molar-refractivity contribution in [2.75, 3.05) is 0 Å². The monoisotopic (exact) mass is 337 g/mol. The Bertz CT molecular complexity index is 566. The maximum absolute atomic E-state index is 12.4. The predicted octanol–water partition coefficient (Wildman–Crippen LogP) is 4.70. The van der Waals surface area contributed by atoms with E-state index in [1.54, 1.807) is 11.3 Å². The number of aryl methyl sites for hydroxylation is 1. The Morgan fingerprint density at radius 2 is 2.21 bits per heavy atom. The number of halogens is 1. The molecule has 1 aromatic carbocycles. The van der Waals surface area contributed by atoms with Crippen molar-refractivity contribution in [2.24, 2.45) is 0 Å². The van der Waals surface area contributed by atoms with Gasteiger partial charge in [0.05, 0.1) is 6.04 Å². The molecule has 2 rings (SSSR count). The molecular formula is C15H16BrNOS. The first-order chi connectivity index (χ1) is 9.11. The first-order valence-corrected chi connectivity index (χ1v) is 7.89. The van der Waals surface area contributed by atoms with Crippen LogP contribution < -0.4 is 5.32 Å². The minimum absolute atomic E-state index is 0.0148. The molecule has 1 heterocycles. The second-order valence-electron chi connectivity index (χ2n) is 4.41. The fraction of sp³-hybridized carbons (Fsp3) is 0.267. The number of thiophene rings is 1. The molecule has 0 radical (unpaired) electrons. The number of nitrogens with one attached hydrogen (secondary N) is 1. The van der Waals surface area contributed by atoms with Crippen molar-refractivity contribution in [3.05, 3.63) is 56.2 Å². The van der Waals surface area contributed by atoms with Crippen LogP contribution in [0.15, 0.2) is 40.2 Å². The van der Waals surface area contributed by atoms with Crippen LogP contribution in [0.4, 0.5) is 0 Å². The number of benzene rings is 1. The van der Waals surface area contributed by atoms with Crippen LogP contribution in [0.25, 0.3) is 0 Å². The summed E-state index contributed by atoms with van der Waals surface area (Å²) in [4.78, 5) is 13.6. The number of amides is 1. The van der Waals surface area contributed by atoms with Crippen molar-refractivity contribution < 1.29 is 4.79 Å². The topological polar surface area (TPSA) is 29.1 Å². The zero-order chi connectivity index (χ0) is 13.8. The molecule has 0 saturated carbocycles. The summed E-state index contributed by atoms with van der Waals surface area (Å²) in [6.45, 7) is 4.03. The number of carbonyl (C=O) groups is 1. The first kappa shape index (κ1) is 14.3. The lowest BCUT2D eigenvalue weighted by Gasteiger charge is -2.16. The van der Waals surface area contributed by atoms with Crippen molar-refractivity contribution >= 4 is 33.2 Å². The lowest BCUT2D eigenvalue weighted by molar-refractivity contribution is 0.0935. The van der Waals surface area contributed by atoms with E-state index in [1.807, 2.05) is 36.6 Å². The van der Waals surface area contributed by atoms with Gasteiger partial charge in [0.1, 0.15) is 0 Å². The van der Waals surface area contributed by atoms with E-state index in [9.17, 15) is 4.79 Å². The van der Waals surface area contributed by atoms with Gasteiger partial charge in [-0.2, -0.15) is 0 Å². The SMILES string of the molecule is CCC(NC(=O)c1cc(Br)ccc1C)c1cccs1. The van der Waals surface area contributed by atoms with E-state index in [2.05, 4.69) is 34.2 Å². The molecule has 1 amide bonds. The smallest absolute Gasteiger partial charge is 0.252 e. The summed E-state index contributed by atoms with van der Waals surface area (Å²) in [6.07, 6.45) is 0.888. The van der Waals surface area contributed by atoms with Crippen LogP contribution in [0, 0.1) is 6.92 Å². The Hall–Kier alpha value is -1.13. The van der Waals surface area contributed by atoms with Gasteiger partial charge in [-0.3, -0.25) is 4.79 Å². The third-order valence-corrected chi connectivity index (χ3v) is 4.52. The van der Waals surface area contributed by atoms with E-state index >= 15 is 0 Å². The quantitative estimate of drug-likeness (QED) is 0.860. The second-order valence-corrected chi connectivity index (χ2v) is 6.30. The highest BCUT2D eigenvalue weighted by Crippen LogP contribution is 2.23. The van der Waals surface area contributed by atoms with Crippen molar-refractivity contribution in [2.45, 2.75) is 26.3 Å². The largest absolute Gasteiger partial charge is 0.344 e. The molecule has 0 saturated heterocycles. The molecule has 0 fully saturated rings. The Morgan fingerprint density at radius 1 is 1.42 bits per heavy atom. The highest BCUT2D eigenvalue weighted by Gasteiger charge is 2.16. The molecule has 1 atom stereocenters. The van der Waals surface area contributed by atoms with Gasteiger partial charge in [0.15, 0.2) is 0 Å². The van der Waals surface area contributed by atoms with Gasteiger partial charge < -0.3 is 5.32 Å². The van der Waals surface area contributed by atoms with Crippen LogP contribution in [-0.4, -0.2) is 5.91 Å². The zero-order valence-electron chi connectivity index (χ0n) is 10.9. The molecule has 19 heavy (non-hydrogen) atoms. The average molecular weight is 338 g/mol. The maximum Gasteiger partial charge on any atom is 0.252 e. The number of hydrogen-bond donors (Lipinski definition) is 1. The third-order valence-electron chi connectivity index (χ3n) is 3.04. The molecule has 0 spiro atoms. The Kier molecular flexibility index (Phi) is 4.77. The van der Waals surface area contributed by atoms with Crippen LogP contribution in [-0.2, 0) is 0 Å². The van der Waals surface area contributed by atoms with Gasteiger partial charge in [0, 0.05) is 14.9 Å². The molecule has 2 nitrogen and oxygen atoms in total. The van der Waals surface area contributed by atoms with Crippen LogP contribution in [0.3, 0.4) is 0 Å². The second kappa shape index (κ2) is 6.35. The van der Waals surface area contributed by atoms with Crippen molar-refractivity contribution in [1.82, 2.24) is 5.32 Å². The summed E-state index contributed by atoms with van der Waals surface area (Å²) < 4.78 is 0.924. The highest BCUT2D eigenvalue weighted by atomic mass is 79.9. The van der Waals surface area contributed by atoms with Gasteiger partial charge in [-0.15, -0.1) is 11.3 Å². The lowest BCUT2D eigenvalue weighted by Crippen LogP contribution is -2.28. The first-order valence-electron chi connectivity index (χ1n) is 6.22. The van der Waals surface area contributed by atoms with Crippen LogP contribution in [0.2, 0.25) is 0 Å². The van der Waals surface area contributed by atoms with Crippen molar-refractivity contribution in [1.29, 1.82) is 0 Å². The normalized spacial score (nSPS) is 12.2. The molecule has 2 aromatic rings. The Balaban J connectivity index is 2.18. The summed E-state index contributed by atoms with van der Waals surface area (Å²) in [7, 11) is 0. The molecule has 0 aliphatic rings. The molecule has 1 N–H and O–H groups in total. The molecule has 100 valence electrons.